The minimum Gasteiger partial charge on any atom is -0.492 e. The number of aryl methyl sites for hydroxylation is 2. The maximum atomic E-state index is 13.3. The normalized spacial score (nSPS) is 12.7. The first-order chi connectivity index (χ1) is 28.9. The molecule has 0 radical (unpaired) electrons. The summed E-state index contributed by atoms with van der Waals surface area (Å²) in [5.41, 5.74) is 2.07. The lowest BCUT2D eigenvalue weighted by molar-refractivity contribution is 0.200. The molecular formula is C46H66N2O10S2. The van der Waals surface area contributed by atoms with Gasteiger partial charge in [0.2, 0.25) is 23.5 Å². The van der Waals surface area contributed by atoms with E-state index in [4.69, 9.17) is 8.57 Å². The van der Waals surface area contributed by atoms with Crippen molar-refractivity contribution >= 4 is 20.2 Å². The van der Waals surface area contributed by atoms with E-state index in [9.17, 15) is 37.3 Å². The molecule has 2 heterocycles. The third kappa shape index (κ3) is 12.4. The van der Waals surface area contributed by atoms with Crippen molar-refractivity contribution in [1.82, 2.24) is 9.46 Å². The number of fused-ring (bicyclic) bond motifs is 2. The van der Waals surface area contributed by atoms with E-state index in [1.165, 1.54) is 127 Å². The summed E-state index contributed by atoms with van der Waals surface area (Å²) < 4.78 is 64.2. The number of hydrogen-bond acceptors (Lipinski definition) is 10. The van der Waals surface area contributed by atoms with Crippen LogP contribution in [0, 0.1) is 0 Å². The first-order valence-electron chi connectivity index (χ1n) is 22.2. The van der Waals surface area contributed by atoms with Gasteiger partial charge in [0.05, 0.1) is 0 Å². The minimum absolute atomic E-state index is 0.0235. The quantitative estimate of drug-likeness (QED) is 0.0354. The second kappa shape index (κ2) is 22.5. The van der Waals surface area contributed by atoms with Crippen LogP contribution in [0.2, 0.25) is 0 Å². The summed E-state index contributed by atoms with van der Waals surface area (Å²) >= 11 is 0. The second-order valence-electron chi connectivity index (χ2n) is 16.4. The maximum absolute atomic E-state index is 13.3. The van der Waals surface area contributed by atoms with Gasteiger partial charge in [-0.1, -0.05) is 163 Å². The van der Waals surface area contributed by atoms with Gasteiger partial charge in [0.25, 0.3) is 0 Å². The highest BCUT2D eigenvalue weighted by Crippen LogP contribution is 2.46. The van der Waals surface area contributed by atoms with Crippen LogP contribution in [0.5, 0.6) is 23.5 Å². The number of hydrogen-bond donors (Lipinski definition) is 4. The van der Waals surface area contributed by atoms with E-state index in [1.807, 2.05) is 0 Å². The first kappa shape index (κ1) is 46.8. The molecule has 0 amide bonds. The molecule has 332 valence electrons. The Morgan fingerprint density at radius 3 is 0.933 bits per heavy atom. The Kier molecular flexibility index (Phi) is 17.5. The predicted molar refractivity (Wildman–Crippen MR) is 233 cm³/mol. The van der Waals surface area contributed by atoms with E-state index in [0.717, 1.165) is 49.7 Å². The Labute approximate surface area is 357 Å². The second-order valence-corrected chi connectivity index (χ2v) is 19.4. The van der Waals surface area contributed by atoms with Gasteiger partial charge in [-0.3, -0.25) is 8.57 Å². The van der Waals surface area contributed by atoms with Crippen LogP contribution in [-0.4, -0.2) is 46.7 Å². The van der Waals surface area contributed by atoms with Crippen molar-refractivity contribution in [1.29, 1.82) is 0 Å². The zero-order valence-corrected chi connectivity index (χ0v) is 37.2. The van der Waals surface area contributed by atoms with Gasteiger partial charge in [0.15, 0.2) is 0 Å². The van der Waals surface area contributed by atoms with Crippen molar-refractivity contribution in [2.75, 3.05) is 0 Å². The number of benzene rings is 2. The van der Waals surface area contributed by atoms with Gasteiger partial charge in [0, 0.05) is 35.1 Å². The van der Waals surface area contributed by atoms with Crippen molar-refractivity contribution in [2.24, 2.45) is 0 Å². The zero-order chi connectivity index (χ0) is 43.1. The highest BCUT2D eigenvalue weighted by atomic mass is 32.2. The van der Waals surface area contributed by atoms with Crippen molar-refractivity contribution in [3.05, 3.63) is 81.9 Å². The number of rotatable bonds is 28. The average Bonchev–Trinajstić information content (AvgIpc) is 3.60. The number of nitrogens with zero attached hydrogens (tertiary/aromatic N) is 2. The molecule has 0 unspecified atom stereocenters. The molecule has 1 aliphatic rings. The van der Waals surface area contributed by atoms with Crippen molar-refractivity contribution in [3.63, 3.8) is 0 Å². The Morgan fingerprint density at radius 2 is 0.667 bits per heavy atom. The van der Waals surface area contributed by atoms with Crippen LogP contribution in [0.4, 0.5) is 0 Å². The van der Waals surface area contributed by atoms with E-state index in [1.54, 1.807) is 24.3 Å². The fourth-order valence-corrected chi connectivity index (χ4v) is 9.82. The molecular weight excluding hydrogens is 805 g/mol. The van der Waals surface area contributed by atoms with Gasteiger partial charge in [-0.2, -0.15) is 16.8 Å². The summed E-state index contributed by atoms with van der Waals surface area (Å²) in [7, 11) is -9.01. The van der Waals surface area contributed by atoms with E-state index in [-0.39, 0.29) is 44.9 Å². The monoisotopic (exact) mass is 870 g/mol. The number of unbranched alkanes of at least 4 members (excludes halogenated alkanes) is 18. The molecule has 0 fully saturated rings. The molecule has 5 rings (SSSR count). The summed E-state index contributed by atoms with van der Waals surface area (Å²) in [6.07, 6.45) is 25.6. The molecule has 0 spiro atoms. The fraction of sp³-hybridized carbons (Fsp3) is 0.565. The smallest absolute Gasteiger partial charge is 0.357 e. The summed E-state index contributed by atoms with van der Waals surface area (Å²) in [6.45, 7) is 4.44. The predicted octanol–water partition coefficient (Wildman–Crippen LogP) is 10.2. The molecule has 0 atom stereocenters. The Balaban J connectivity index is 1.13. The van der Waals surface area contributed by atoms with Crippen molar-refractivity contribution in [3.8, 4) is 23.5 Å². The summed E-state index contributed by atoms with van der Waals surface area (Å²) in [4.78, 5) is -0.342. The van der Waals surface area contributed by atoms with Gasteiger partial charge in [-0.25, -0.2) is 0 Å². The fourth-order valence-electron chi connectivity index (χ4n) is 8.03. The zero-order valence-electron chi connectivity index (χ0n) is 35.5. The highest BCUT2D eigenvalue weighted by molar-refractivity contribution is 7.87. The molecule has 2 aromatic heterocycles. The van der Waals surface area contributed by atoms with Crippen LogP contribution in [-0.2, 0) is 45.9 Å². The molecule has 12 nitrogen and oxygen atoms in total. The molecule has 0 bridgehead atoms. The van der Waals surface area contributed by atoms with Gasteiger partial charge in [-0.15, -0.1) is 0 Å². The first-order valence-corrected chi connectivity index (χ1v) is 25.1. The van der Waals surface area contributed by atoms with Gasteiger partial charge >= 0.3 is 20.2 Å². The van der Waals surface area contributed by atoms with E-state index >= 15 is 0 Å². The van der Waals surface area contributed by atoms with E-state index in [2.05, 4.69) is 13.8 Å². The lowest BCUT2D eigenvalue weighted by Crippen LogP contribution is -2.20. The standard InChI is InChI=1S/C46H66N2O10S2/c1-3-5-7-9-11-13-15-17-19-21-23-35-25-29-37(30-26-35)59(53,54)57-47-43(49)39-33-41-42(34-40(39)44(47)50)46(52)48(45(41)51)58-60(55,56)38-31-27-36(28-32-38)24-22-20-18-16-14-12-10-8-6-4-2/h25-32,49-52H,3-24,33-34H2,1-2H3. The van der Waals surface area contributed by atoms with Crippen molar-refractivity contribution < 1.29 is 45.8 Å². The Morgan fingerprint density at radius 1 is 0.417 bits per heavy atom. The molecule has 1 aliphatic carbocycles. The lowest BCUT2D eigenvalue weighted by atomic mass is 9.90. The SMILES string of the molecule is CCCCCCCCCCCCc1ccc(S(=O)(=O)On2c(O)c3c(c2O)Cc2c(c(O)n(OS(=O)(=O)c4ccc(CCCCCCCCCCCC)cc4)c2O)C3)cc1. The molecule has 4 N–H and O–H groups in total. The number of aromatic nitrogens is 2. The summed E-state index contributed by atoms with van der Waals surface area (Å²) in [5.74, 6) is -2.92. The lowest BCUT2D eigenvalue weighted by Gasteiger charge is -2.11. The highest BCUT2D eigenvalue weighted by Gasteiger charge is 2.37. The Bertz CT molecular complexity index is 1970. The van der Waals surface area contributed by atoms with Crippen LogP contribution in [0.25, 0.3) is 0 Å². The van der Waals surface area contributed by atoms with Crippen molar-refractivity contribution in [2.45, 2.75) is 178 Å². The molecule has 60 heavy (non-hydrogen) atoms. The van der Waals surface area contributed by atoms with Crippen LogP contribution < -0.4 is 8.57 Å². The van der Waals surface area contributed by atoms with Crippen LogP contribution in [0.1, 0.15) is 176 Å². The largest absolute Gasteiger partial charge is 0.492 e. The summed E-state index contributed by atoms with van der Waals surface area (Å²) in [6, 6.07) is 12.6. The molecule has 0 saturated carbocycles. The molecule has 4 aromatic rings. The summed E-state index contributed by atoms with van der Waals surface area (Å²) in [5, 5.41) is 44.2. The molecule has 14 heteroatoms. The molecule has 2 aromatic carbocycles. The third-order valence-electron chi connectivity index (χ3n) is 11.7. The minimum atomic E-state index is -4.50. The maximum Gasteiger partial charge on any atom is 0.357 e. The Hall–Kier alpha value is -4.30. The number of aromatic hydroxyl groups is 4. The van der Waals surface area contributed by atoms with E-state index in [0.29, 0.717) is 9.46 Å². The van der Waals surface area contributed by atoms with Gasteiger partial charge in [0.1, 0.15) is 9.79 Å². The van der Waals surface area contributed by atoms with Crippen LogP contribution >= 0.6 is 0 Å². The van der Waals surface area contributed by atoms with E-state index < -0.39 is 43.8 Å². The average molecular weight is 871 g/mol. The molecule has 0 saturated heterocycles. The van der Waals surface area contributed by atoms with Gasteiger partial charge < -0.3 is 20.4 Å². The topological polar surface area (TPSA) is 178 Å². The van der Waals surface area contributed by atoms with Crippen LogP contribution in [0.15, 0.2) is 58.3 Å². The van der Waals surface area contributed by atoms with Crippen LogP contribution in [0.3, 0.4) is 0 Å². The van der Waals surface area contributed by atoms with Gasteiger partial charge in [-0.05, 0) is 61.1 Å². The molecule has 0 aliphatic heterocycles. The third-order valence-corrected chi connectivity index (χ3v) is 14.1.